The van der Waals surface area contributed by atoms with Crippen molar-refractivity contribution in [2.45, 2.75) is 52.2 Å². The van der Waals surface area contributed by atoms with E-state index in [-0.39, 0.29) is 23.5 Å². The van der Waals surface area contributed by atoms with Crippen LogP contribution in [0.5, 0.6) is 11.5 Å². The fraction of sp³-hybridized carbons (Fsp3) is 0.480. The second-order valence-corrected chi connectivity index (χ2v) is 8.75. The number of ether oxygens (including phenoxy) is 2. The van der Waals surface area contributed by atoms with Crippen LogP contribution in [0.4, 0.5) is 5.69 Å². The van der Waals surface area contributed by atoms with Crippen LogP contribution in [0.3, 0.4) is 0 Å². The summed E-state index contributed by atoms with van der Waals surface area (Å²) in [5.74, 6) is 1.93. The molecular weight excluding hydrogens is 376 g/mol. The molecule has 4 rings (SSSR count). The van der Waals surface area contributed by atoms with Crippen LogP contribution in [0.1, 0.15) is 51.6 Å². The smallest absolute Gasteiger partial charge is 0.226 e. The zero-order chi connectivity index (χ0) is 21.1. The van der Waals surface area contributed by atoms with E-state index in [4.69, 9.17) is 9.47 Å². The van der Waals surface area contributed by atoms with E-state index in [1.54, 1.807) is 0 Å². The summed E-state index contributed by atoms with van der Waals surface area (Å²) in [6, 6.07) is 16.3. The predicted molar refractivity (Wildman–Crippen MR) is 119 cm³/mol. The van der Waals surface area contributed by atoms with Gasteiger partial charge in [-0.3, -0.25) is 4.79 Å². The number of amides is 1. The largest absolute Gasteiger partial charge is 0.494 e. The number of nitrogens with zero attached hydrogens (tertiary/aromatic N) is 1. The number of benzene rings is 2. The molecule has 0 unspecified atom stereocenters. The Balaban J connectivity index is 1.25. The SMILES string of the molecule is CCOc1ccc(OC2CN(c3ccc([C@H](C)NC(=O)C4(C)CCC4)cc3)C2)cc1. The molecule has 1 N–H and O–H groups in total. The zero-order valence-electron chi connectivity index (χ0n) is 18.2. The van der Waals surface area contributed by atoms with Crippen molar-refractivity contribution in [1.29, 1.82) is 0 Å². The summed E-state index contributed by atoms with van der Waals surface area (Å²) in [6.45, 7) is 8.51. The fourth-order valence-corrected chi connectivity index (χ4v) is 4.06. The van der Waals surface area contributed by atoms with Crippen molar-refractivity contribution in [3.63, 3.8) is 0 Å². The highest BCUT2D eigenvalue weighted by molar-refractivity contribution is 5.83. The molecule has 1 saturated heterocycles. The average molecular weight is 409 g/mol. The first-order valence-electron chi connectivity index (χ1n) is 11.0. The molecule has 30 heavy (non-hydrogen) atoms. The van der Waals surface area contributed by atoms with Crippen LogP contribution < -0.4 is 19.7 Å². The first kappa shape index (κ1) is 20.6. The van der Waals surface area contributed by atoms with Gasteiger partial charge in [0.1, 0.15) is 17.6 Å². The van der Waals surface area contributed by atoms with Gasteiger partial charge in [-0.05, 0) is 68.7 Å². The Morgan fingerprint density at radius 1 is 1.10 bits per heavy atom. The van der Waals surface area contributed by atoms with Gasteiger partial charge in [-0.1, -0.05) is 25.5 Å². The van der Waals surface area contributed by atoms with Gasteiger partial charge in [0.15, 0.2) is 0 Å². The van der Waals surface area contributed by atoms with Crippen LogP contribution in [0.15, 0.2) is 48.5 Å². The van der Waals surface area contributed by atoms with Crippen LogP contribution in [-0.2, 0) is 4.79 Å². The molecule has 1 saturated carbocycles. The molecule has 1 aliphatic carbocycles. The second-order valence-electron chi connectivity index (χ2n) is 8.75. The van der Waals surface area contributed by atoms with E-state index in [0.717, 1.165) is 49.4 Å². The maximum Gasteiger partial charge on any atom is 0.226 e. The van der Waals surface area contributed by atoms with Crippen LogP contribution in [0, 0.1) is 5.41 Å². The van der Waals surface area contributed by atoms with E-state index >= 15 is 0 Å². The second kappa shape index (κ2) is 8.58. The number of hydrogen-bond donors (Lipinski definition) is 1. The number of carbonyl (C=O) groups excluding carboxylic acids is 1. The molecule has 1 heterocycles. The molecule has 0 spiro atoms. The third-order valence-corrected chi connectivity index (χ3v) is 6.40. The third-order valence-electron chi connectivity index (χ3n) is 6.40. The molecule has 2 fully saturated rings. The third kappa shape index (κ3) is 4.40. The Hall–Kier alpha value is -2.69. The van der Waals surface area contributed by atoms with E-state index in [2.05, 4.69) is 48.3 Å². The summed E-state index contributed by atoms with van der Waals surface area (Å²) in [6.07, 6.45) is 3.36. The van der Waals surface area contributed by atoms with Gasteiger partial charge < -0.3 is 19.7 Å². The minimum Gasteiger partial charge on any atom is -0.494 e. The van der Waals surface area contributed by atoms with E-state index < -0.39 is 0 Å². The number of nitrogens with one attached hydrogen (secondary N) is 1. The lowest BCUT2D eigenvalue weighted by Crippen LogP contribution is -2.54. The Morgan fingerprint density at radius 3 is 2.30 bits per heavy atom. The quantitative estimate of drug-likeness (QED) is 0.687. The van der Waals surface area contributed by atoms with Crippen LogP contribution in [0.2, 0.25) is 0 Å². The molecular formula is C25H32N2O3. The van der Waals surface area contributed by atoms with Gasteiger partial charge in [0.25, 0.3) is 0 Å². The van der Waals surface area contributed by atoms with Gasteiger partial charge >= 0.3 is 0 Å². The molecule has 0 bridgehead atoms. The van der Waals surface area contributed by atoms with E-state index in [1.165, 1.54) is 5.69 Å². The molecule has 2 aromatic carbocycles. The summed E-state index contributed by atoms with van der Waals surface area (Å²) in [5.41, 5.74) is 2.16. The molecule has 1 amide bonds. The highest BCUT2D eigenvalue weighted by Crippen LogP contribution is 2.40. The molecule has 0 radical (unpaired) electrons. The lowest BCUT2D eigenvalue weighted by molar-refractivity contribution is -0.135. The van der Waals surface area contributed by atoms with Gasteiger partial charge in [0.2, 0.25) is 5.91 Å². The minimum absolute atomic E-state index is 0.0242. The lowest BCUT2D eigenvalue weighted by Gasteiger charge is -2.41. The highest BCUT2D eigenvalue weighted by Gasteiger charge is 2.39. The highest BCUT2D eigenvalue weighted by atomic mass is 16.5. The zero-order valence-corrected chi connectivity index (χ0v) is 18.2. The Bertz CT molecular complexity index is 853. The lowest BCUT2D eigenvalue weighted by atomic mass is 9.69. The molecule has 1 atom stereocenters. The number of hydrogen-bond acceptors (Lipinski definition) is 4. The van der Waals surface area contributed by atoms with Crippen LogP contribution in [-0.4, -0.2) is 31.7 Å². The maximum absolute atomic E-state index is 12.5. The van der Waals surface area contributed by atoms with Crippen LogP contribution >= 0.6 is 0 Å². The molecule has 2 aliphatic rings. The molecule has 0 aromatic heterocycles. The van der Waals surface area contributed by atoms with E-state index in [9.17, 15) is 4.79 Å². The van der Waals surface area contributed by atoms with Crippen molar-refractivity contribution in [3.8, 4) is 11.5 Å². The van der Waals surface area contributed by atoms with E-state index in [0.29, 0.717) is 6.61 Å². The van der Waals surface area contributed by atoms with Crippen molar-refractivity contribution < 1.29 is 14.3 Å². The van der Waals surface area contributed by atoms with E-state index in [1.807, 2.05) is 31.2 Å². The Morgan fingerprint density at radius 2 is 1.73 bits per heavy atom. The summed E-state index contributed by atoms with van der Waals surface area (Å²) in [5, 5.41) is 3.18. The van der Waals surface area contributed by atoms with Crippen molar-refractivity contribution in [1.82, 2.24) is 5.32 Å². The van der Waals surface area contributed by atoms with Gasteiger partial charge in [0.05, 0.1) is 25.7 Å². The van der Waals surface area contributed by atoms with Gasteiger partial charge in [-0.2, -0.15) is 0 Å². The normalized spacial score (nSPS) is 18.7. The standard InChI is InChI=1S/C25H32N2O3/c1-4-29-21-10-12-22(13-11-21)30-23-16-27(17-23)20-8-6-19(7-9-20)18(2)26-24(28)25(3)14-5-15-25/h6-13,18,23H,4-5,14-17H2,1-3H3,(H,26,28)/t18-/m0/s1. The van der Waals surface area contributed by atoms with Crippen molar-refractivity contribution in [3.05, 3.63) is 54.1 Å². The molecule has 5 nitrogen and oxygen atoms in total. The summed E-state index contributed by atoms with van der Waals surface area (Å²) >= 11 is 0. The first-order chi connectivity index (χ1) is 14.5. The van der Waals surface area contributed by atoms with Crippen molar-refractivity contribution in [2.24, 2.45) is 5.41 Å². The monoisotopic (exact) mass is 408 g/mol. The maximum atomic E-state index is 12.5. The Labute approximate surface area is 179 Å². The summed E-state index contributed by atoms with van der Waals surface area (Å²) < 4.78 is 11.5. The first-order valence-corrected chi connectivity index (χ1v) is 11.0. The molecule has 2 aromatic rings. The topological polar surface area (TPSA) is 50.8 Å². The summed E-state index contributed by atoms with van der Waals surface area (Å²) in [4.78, 5) is 14.8. The number of anilines is 1. The molecule has 1 aliphatic heterocycles. The summed E-state index contributed by atoms with van der Waals surface area (Å²) in [7, 11) is 0. The predicted octanol–water partition coefficient (Wildman–Crippen LogP) is 4.72. The number of rotatable bonds is 8. The Kier molecular flexibility index (Phi) is 5.89. The molecule has 5 heteroatoms. The van der Waals surface area contributed by atoms with Gasteiger partial charge in [-0.15, -0.1) is 0 Å². The van der Waals surface area contributed by atoms with Gasteiger partial charge in [0, 0.05) is 11.1 Å². The fourth-order valence-electron chi connectivity index (χ4n) is 4.06. The van der Waals surface area contributed by atoms with Crippen molar-refractivity contribution in [2.75, 3.05) is 24.6 Å². The molecule has 160 valence electrons. The number of carbonyl (C=O) groups is 1. The van der Waals surface area contributed by atoms with Crippen LogP contribution in [0.25, 0.3) is 0 Å². The average Bonchev–Trinajstić information content (AvgIpc) is 2.70. The van der Waals surface area contributed by atoms with Gasteiger partial charge in [-0.25, -0.2) is 0 Å². The minimum atomic E-state index is -0.163. The van der Waals surface area contributed by atoms with Crippen molar-refractivity contribution >= 4 is 11.6 Å².